The number of rotatable bonds is 11. The van der Waals surface area contributed by atoms with Crippen LogP contribution in [0.3, 0.4) is 0 Å². The van der Waals surface area contributed by atoms with Crippen LogP contribution in [-0.2, 0) is 14.3 Å². The monoisotopic (exact) mass is 567 g/mol. The molecule has 9 nitrogen and oxygen atoms in total. The van der Waals surface area contributed by atoms with Crippen molar-refractivity contribution < 1.29 is 38.4 Å². The lowest BCUT2D eigenvalue weighted by Crippen LogP contribution is -2.31. The number of ketones is 1. The number of benzene rings is 2. The first kappa shape index (κ1) is 29.4. The summed E-state index contributed by atoms with van der Waals surface area (Å²) in [6.07, 6.45) is 0.479. The molecule has 0 bridgehead atoms. The van der Waals surface area contributed by atoms with Gasteiger partial charge in [-0.2, -0.15) is 0 Å². The SMILES string of the molecule is COc1cc(C2/C(=C(\O)c3cc(Cl)c(OC)c(Cl)c3)C(=O)C(=O)N2CCCOC(C)C)cc(OC)c1OC. The number of hydrogen-bond acceptors (Lipinski definition) is 8. The molecule has 1 unspecified atom stereocenters. The van der Waals surface area contributed by atoms with Gasteiger partial charge in [0.2, 0.25) is 5.75 Å². The number of Topliss-reactive ketones (excluding diaryl/α,β-unsaturated/α-hetero) is 1. The summed E-state index contributed by atoms with van der Waals surface area (Å²) in [5.74, 6) is -0.840. The van der Waals surface area contributed by atoms with Gasteiger partial charge in [-0.1, -0.05) is 23.2 Å². The number of ether oxygens (including phenoxy) is 5. The molecule has 2 aromatic carbocycles. The second-order valence-electron chi connectivity index (χ2n) is 8.70. The molecule has 1 heterocycles. The summed E-state index contributed by atoms with van der Waals surface area (Å²) in [5.41, 5.74) is 0.487. The van der Waals surface area contributed by atoms with E-state index in [-0.39, 0.29) is 39.6 Å². The molecule has 0 aliphatic carbocycles. The molecule has 0 radical (unpaired) electrons. The van der Waals surface area contributed by atoms with Crippen LogP contribution in [0.2, 0.25) is 10.0 Å². The normalized spacial score (nSPS) is 16.8. The maximum Gasteiger partial charge on any atom is 0.295 e. The van der Waals surface area contributed by atoms with E-state index in [1.54, 1.807) is 12.1 Å². The third-order valence-corrected chi connectivity index (χ3v) is 6.57. The number of halogens is 2. The average molecular weight is 568 g/mol. The molecule has 3 rings (SSSR count). The highest BCUT2D eigenvalue weighted by Crippen LogP contribution is 2.46. The van der Waals surface area contributed by atoms with Gasteiger partial charge in [0.15, 0.2) is 17.2 Å². The number of carbonyl (C=O) groups is 2. The third-order valence-electron chi connectivity index (χ3n) is 6.01. The fourth-order valence-corrected chi connectivity index (χ4v) is 4.96. The number of methoxy groups -OCH3 is 4. The van der Waals surface area contributed by atoms with Crippen molar-refractivity contribution in [3.05, 3.63) is 51.0 Å². The van der Waals surface area contributed by atoms with Crippen LogP contribution in [0.5, 0.6) is 23.0 Å². The van der Waals surface area contributed by atoms with Gasteiger partial charge < -0.3 is 33.7 Å². The predicted octanol–water partition coefficient (Wildman–Crippen LogP) is 5.26. The molecule has 206 valence electrons. The van der Waals surface area contributed by atoms with Crippen LogP contribution in [0.25, 0.3) is 5.76 Å². The minimum Gasteiger partial charge on any atom is -0.507 e. The fourth-order valence-electron chi connectivity index (χ4n) is 4.32. The van der Waals surface area contributed by atoms with E-state index in [1.165, 1.54) is 45.5 Å². The molecular formula is C27H31Cl2NO8. The van der Waals surface area contributed by atoms with Crippen molar-refractivity contribution in [1.29, 1.82) is 0 Å². The molecular weight excluding hydrogens is 537 g/mol. The second kappa shape index (κ2) is 12.6. The first-order chi connectivity index (χ1) is 18.1. The number of carbonyl (C=O) groups excluding carboxylic acids is 2. The third kappa shape index (κ3) is 5.80. The molecule has 11 heteroatoms. The highest BCUT2D eigenvalue weighted by Gasteiger charge is 2.46. The van der Waals surface area contributed by atoms with E-state index in [0.717, 1.165) is 0 Å². The van der Waals surface area contributed by atoms with Crippen molar-refractivity contribution >= 4 is 40.7 Å². The molecule has 1 amide bonds. The van der Waals surface area contributed by atoms with Crippen molar-refractivity contribution in [2.45, 2.75) is 32.4 Å². The average Bonchev–Trinajstić information content (AvgIpc) is 3.14. The quantitative estimate of drug-likeness (QED) is 0.169. The Labute approximate surface area is 231 Å². The van der Waals surface area contributed by atoms with Gasteiger partial charge in [0, 0.05) is 18.7 Å². The van der Waals surface area contributed by atoms with Gasteiger partial charge in [-0.05, 0) is 50.1 Å². The van der Waals surface area contributed by atoms with Crippen molar-refractivity contribution in [2.75, 3.05) is 41.6 Å². The van der Waals surface area contributed by atoms with Crippen LogP contribution in [0, 0.1) is 0 Å². The topological polar surface area (TPSA) is 104 Å². The molecule has 0 saturated carbocycles. The van der Waals surface area contributed by atoms with Gasteiger partial charge in [0.05, 0.1) is 56.2 Å². The Morgan fingerprint density at radius 1 is 0.921 bits per heavy atom. The van der Waals surface area contributed by atoms with Crippen molar-refractivity contribution in [3.63, 3.8) is 0 Å². The van der Waals surface area contributed by atoms with Crippen LogP contribution in [0.15, 0.2) is 29.8 Å². The Kier molecular flexibility index (Phi) is 9.76. The lowest BCUT2D eigenvalue weighted by molar-refractivity contribution is -0.140. The first-order valence-electron chi connectivity index (χ1n) is 11.8. The molecule has 1 aliphatic heterocycles. The van der Waals surface area contributed by atoms with E-state index in [9.17, 15) is 14.7 Å². The van der Waals surface area contributed by atoms with E-state index in [4.69, 9.17) is 46.9 Å². The van der Waals surface area contributed by atoms with Gasteiger partial charge in [-0.3, -0.25) is 9.59 Å². The minimum atomic E-state index is -0.970. The smallest absolute Gasteiger partial charge is 0.295 e. The van der Waals surface area contributed by atoms with Gasteiger partial charge in [-0.25, -0.2) is 0 Å². The fraction of sp³-hybridized carbons (Fsp3) is 0.407. The van der Waals surface area contributed by atoms with Crippen LogP contribution in [0.4, 0.5) is 0 Å². The Morgan fingerprint density at radius 2 is 1.47 bits per heavy atom. The Morgan fingerprint density at radius 3 is 1.95 bits per heavy atom. The minimum absolute atomic E-state index is 0.0147. The highest BCUT2D eigenvalue weighted by molar-refractivity contribution is 6.46. The van der Waals surface area contributed by atoms with Crippen LogP contribution in [-0.4, -0.2) is 69.4 Å². The van der Waals surface area contributed by atoms with Gasteiger partial charge in [0.25, 0.3) is 11.7 Å². The lowest BCUT2D eigenvalue weighted by Gasteiger charge is -2.26. The summed E-state index contributed by atoms with van der Waals surface area (Å²) < 4.78 is 27.2. The first-order valence-corrected chi connectivity index (χ1v) is 12.6. The van der Waals surface area contributed by atoms with Gasteiger partial charge in [0.1, 0.15) is 5.76 Å². The Balaban J connectivity index is 2.22. The zero-order chi connectivity index (χ0) is 28.1. The summed E-state index contributed by atoms with van der Waals surface area (Å²) >= 11 is 12.6. The van der Waals surface area contributed by atoms with E-state index in [0.29, 0.717) is 35.8 Å². The molecule has 1 atom stereocenters. The van der Waals surface area contributed by atoms with Crippen molar-refractivity contribution in [1.82, 2.24) is 4.90 Å². The number of nitrogens with zero attached hydrogens (tertiary/aromatic N) is 1. The molecule has 1 aliphatic rings. The second-order valence-corrected chi connectivity index (χ2v) is 9.51. The molecule has 0 spiro atoms. The maximum absolute atomic E-state index is 13.4. The largest absolute Gasteiger partial charge is 0.507 e. The van der Waals surface area contributed by atoms with Crippen LogP contribution >= 0.6 is 23.2 Å². The summed E-state index contributed by atoms with van der Waals surface area (Å²) in [4.78, 5) is 28.0. The van der Waals surface area contributed by atoms with E-state index in [1.807, 2.05) is 13.8 Å². The number of hydrogen-bond donors (Lipinski definition) is 1. The molecule has 1 saturated heterocycles. The molecule has 0 aromatic heterocycles. The van der Waals surface area contributed by atoms with Gasteiger partial charge >= 0.3 is 0 Å². The summed E-state index contributed by atoms with van der Waals surface area (Å²) in [6.45, 7) is 4.40. The zero-order valence-electron chi connectivity index (χ0n) is 22.1. The zero-order valence-corrected chi connectivity index (χ0v) is 23.6. The maximum atomic E-state index is 13.4. The molecule has 2 aromatic rings. The number of aliphatic hydroxyl groups is 1. The van der Waals surface area contributed by atoms with E-state index >= 15 is 0 Å². The number of likely N-dealkylation sites (tertiary alicyclic amines) is 1. The lowest BCUT2D eigenvalue weighted by atomic mass is 9.94. The Hall–Kier alpha value is -3.14. The predicted molar refractivity (Wildman–Crippen MR) is 144 cm³/mol. The summed E-state index contributed by atoms with van der Waals surface area (Å²) in [5, 5.41) is 11.6. The van der Waals surface area contributed by atoms with E-state index < -0.39 is 23.5 Å². The summed E-state index contributed by atoms with van der Waals surface area (Å²) in [7, 11) is 5.80. The Bertz CT molecular complexity index is 1200. The van der Waals surface area contributed by atoms with Gasteiger partial charge in [-0.15, -0.1) is 0 Å². The molecule has 38 heavy (non-hydrogen) atoms. The number of aliphatic hydroxyl groups excluding tert-OH is 1. The standard InChI is InChI=1S/C27H31Cl2NO8/c1-14(2)38-9-7-8-30-22(15-12-19(34-3)26(37-6)20(13-15)35-4)21(24(32)27(30)33)23(31)16-10-17(28)25(36-5)18(29)11-16/h10-14,22,31H,7-9H2,1-6H3/b23-21+. The van der Waals surface area contributed by atoms with Crippen molar-refractivity contribution in [2.24, 2.45) is 0 Å². The number of amides is 1. The van der Waals surface area contributed by atoms with E-state index in [2.05, 4.69) is 0 Å². The molecule has 1 fully saturated rings. The van der Waals surface area contributed by atoms with Crippen LogP contribution in [0.1, 0.15) is 37.4 Å². The molecule has 1 N–H and O–H groups in total. The highest BCUT2D eigenvalue weighted by atomic mass is 35.5. The summed E-state index contributed by atoms with van der Waals surface area (Å²) in [6, 6.07) is 5.13. The van der Waals surface area contributed by atoms with Crippen molar-refractivity contribution in [3.8, 4) is 23.0 Å². The van der Waals surface area contributed by atoms with Crippen LogP contribution < -0.4 is 18.9 Å².